The maximum atomic E-state index is 12.7. The number of aliphatic hydroxyl groups excluding tert-OH is 1. The number of carbonyl (C=O) groups is 5. The summed E-state index contributed by atoms with van der Waals surface area (Å²) in [4.78, 5) is 61.8. The van der Waals surface area contributed by atoms with Gasteiger partial charge in [-0.25, -0.2) is 0 Å². The molecule has 3 N–H and O–H groups in total. The molecule has 1 fully saturated rings. The Kier molecular flexibility index (Phi) is 11.9. The summed E-state index contributed by atoms with van der Waals surface area (Å²) < 4.78 is 5.61. The zero-order chi connectivity index (χ0) is 25.6. The summed E-state index contributed by atoms with van der Waals surface area (Å²) >= 11 is 0. The van der Waals surface area contributed by atoms with Crippen LogP contribution in [0.1, 0.15) is 51.0 Å². The second-order valence-corrected chi connectivity index (χ2v) is 8.50. The summed E-state index contributed by atoms with van der Waals surface area (Å²) in [6.07, 6.45) is 3.69. The number of rotatable bonds is 15. The van der Waals surface area contributed by atoms with Gasteiger partial charge >= 0.3 is 0 Å². The van der Waals surface area contributed by atoms with Crippen LogP contribution in [0.5, 0.6) is 5.75 Å². The number of ether oxygens (including phenoxy) is 1. The van der Waals surface area contributed by atoms with Crippen molar-refractivity contribution in [1.29, 1.82) is 0 Å². The molecule has 1 aliphatic heterocycles. The van der Waals surface area contributed by atoms with E-state index in [0.717, 1.165) is 12.0 Å². The normalized spacial score (nSPS) is 15.8. The number of aliphatic hydroxyl groups is 1. The zero-order valence-electron chi connectivity index (χ0n) is 20.2. The van der Waals surface area contributed by atoms with Crippen molar-refractivity contribution in [3.05, 3.63) is 29.8 Å². The standard InChI is InChI=1S/C25H35N3O7/c1-2-7-20(22(31)17-30)27-25(34)21-10-6-11-28(21)24(33)16-26-23(32)15-18-8-5-9-19(14-18)35-13-4-3-12-29/h5,8-9,14,17,20-21,29H,2-4,6-7,10-13,15-16H2,1H3,(H,26,32)(H,27,34). The number of amides is 3. The van der Waals surface area contributed by atoms with E-state index in [4.69, 9.17) is 9.84 Å². The van der Waals surface area contributed by atoms with Crippen molar-refractivity contribution in [3.8, 4) is 5.75 Å². The van der Waals surface area contributed by atoms with Gasteiger partial charge < -0.3 is 25.4 Å². The molecule has 0 aromatic heterocycles. The van der Waals surface area contributed by atoms with Gasteiger partial charge in [-0.15, -0.1) is 0 Å². The van der Waals surface area contributed by atoms with Gasteiger partial charge in [-0.1, -0.05) is 25.5 Å². The van der Waals surface area contributed by atoms with E-state index in [1.54, 1.807) is 24.3 Å². The molecule has 0 bridgehead atoms. The highest BCUT2D eigenvalue weighted by atomic mass is 16.5. The first kappa shape index (κ1) is 28.0. The summed E-state index contributed by atoms with van der Waals surface area (Å²) in [5.41, 5.74) is 0.731. The highest BCUT2D eigenvalue weighted by Gasteiger charge is 2.35. The number of hydrogen-bond donors (Lipinski definition) is 3. The van der Waals surface area contributed by atoms with Gasteiger partial charge in [0.05, 0.1) is 25.6 Å². The van der Waals surface area contributed by atoms with Gasteiger partial charge in [0, 0.05) is 13.2 Å². The third-order valence-electron chi connectivity index (χ3n) is 5.75. The average Bonchev–Trinajstić information content (AvgIpc) is 3.35. The molecule has 0 saturated carbocycles. The fraction of sp³-hybridized carbons (Fsp3) is 0.560. The van der Waals surface area contributed by atoms with Gasteiger partial charge in [-0.05, 0) is 49.8 Å². The molecule has 1 heterocycles. The van der Waals surface area contributed by atoms with Crippen LogP contribution in [0, 0.1) is 0 Å². The van der Waals surface area contributed by atoms with Crippen LogP contribution >= 0.6 is 0 Å². The molecule has 1 aromatic rings. The maximum absolute atomic E-state index is 12.7. The molecule has 10 nitrogen and oxygen atoms in total. The van der Waals surface area contributed by atoms with Gasteiger partial charge in [-0.2, -0.15) is 0 Å². The fourth-order valence-corrected chi connectivity index (χ4v) is 3.93. The molecule has 2 rings (SSSR count). The van der Waals surface area contributed by atoms with Crippen LogP contribution in [0.25, 0.3) is 0 Å². The summed E-state index contributed by atoms with van der Waals surface area (Å²) in [6.45, 7) is 2.56. The molecular formula is C25H35N3O7. The van der Waals surface area contributed by atoms with Crippen molar-refractivity contribution in [2.75, 3.05) is 26.3 Å². The number of ketones is 1. The van der Waals surface area contributed by atoms with Crippen LogP contribution in [0.15, 0.2) is 24.3 Å². The molecule has 1 aliphatic rings. The van der Waals surface area contributed by atoms with Crippen molar-refractivity contribution >= 4 is 29.8 Å². The van der Waals surface area contributed by atoms with Crippen LogP contribution in [-0.2, 0) is 30.4 Å². The number of nitrogens with one attached hydrogen (secondary N) is 2. The van der Waals surface area contributed by atoms with Crippen molar-refractivity contribution < 1.29 is 33.8 Å². The van der Waals surface area contributed by atoms with Crippen molar-refractivity contribution in [2.24, 2.45) is 0 Å². The number of nitrogens with zero attached hydrogens (tertiary/aromatic N) is 1. The van der Waals surface area contributed by atoms with Crippen molar-refractivity contribution in [3.63, 3.8) is 0 Å². The van der Waals surface area contributed by atoms with Gasteiger partial charge in [0.15, 0.2) is 6.29 Å². The number of aldehydes is 1. The van der Waals surface area contributed by atoms with Crippen LogP contribution in [0.4, 0.5) is 0 Å². The summed E-state index contributed by atoms with van der Waals surface area (Å²) in [5.74, 6) is -1.25. The third kappa shape index (κ3) is 9.12. The Morgan fingerprint density at radius 1 is 1.26 bits per heavy atom. The van der Waals surface area contributed by atoms with E-state index in [9.17, 15) is 24.0 Å². The molecule has 0 radical (unpaired) electrons. The van der Waals surface area contributed by atoms with E-state index in [0.29, 0.717) is 51.0 Å². The zero-order valence-corrected chi connectivity index (χ0v) is 20.2. The van der Waals surface area contributed by atoms with E-state index in [2.05, 4.69) is 10.6 Å². The quantitative estimate of drug-likeness (QED) is 0.185. The number of Topliss-reactive ketones (excluding diaryl/α,β-unsaturated/α-hetero) is 1. The molecule has 3 amide bonds. The van der Waals surface area contributed by atoms with E-state index in [1.165, 1.54) is 4.90 Å². The largest absolute Gasteiger partial charge is 0.494 e. The van der Waals surface area contributed by atoms with E-state index in [-0.39, 0.29) is 37.7 Å². The van der Waals surface area contributed by atoms with E-state index < -0.39 is 23.8 Å². The number of carbonyl (C=O) groups excluding carboxylic acids is 5. The Bertz CT molecular complexity index is 890. The molecule has 2 atom stereocenters. The molecule has 35 heavy (non-hydrogen) atoms. The predicted octanol–water partition coefficient (Wildman–Crippen LogP) is 0.541. The third-order valence-corrected chi connectivity index (χ3v) is 5.75. The Labute approximate surface area is 205 Å². The van der Waals surface area contributed by atoms with E-state index in [1.807, 2.05) is 6.92 Å². The minimum absolute atomic E-state index is 0.0670. The monoisotopic (exact) mass is 489 g/mol. The molecule has 0 spiro atoms. The lowest BCUT2D eigenvalue weighted by Crippen LogP contribution is -2.52. The number of benzene rings is 1. The molecule has 1 aromatic carbocycles. The highest BCUT2D eigenvalue weighted by molar-refractivity contribution is 6.28. The fourth-order valence-electron chi connectivity index (χ4n) is 3.93. The smallest absolute Gasteiger partial charge is 0.243 e. The summed E-state index contributed by atoms with van der Waals surface area (Å²) in [7, 11) is 0. The summed E-state index contributed by atoms with van der Waals surface area (Å²) in [6, 6.07) is 5.49. The van der Waals surface area contributed by atoms with Gasteiger partial charge in [0.25, 0.3) is 0 Å². The molecule has 192 valence electrons. The molecule has 0 aliphatic carbocycles. The Morgan fingerprint density at radius 3 is 2.77 bits per heavy atom. The van der Waals surface area contributed by atoms with Gasteiger partial charge in [-0.3, -0.25) is 24.0 Å². The summed E-state index contributed by atoms with van der Waals surface area (Å²) in [5, 5.41) is 14.0. The van der Waals surface area contributed by atoms with Crippen molar-refractivity contribution in [2.45, 2.75) is 64.0 Å². The molecule has 2 unspecified atom stereocenters. The SMILES string of the molecule is CCCC(NC(=O)C1CCCN1C(=O)CNC(=O)Cc1cccc(OCCCCO)c1)C(=O)C=O. The topological polar surface area (TPSA) is 142 Å². The number of likely N-dealkylation sites (tertiary alicyclic amines) is 1. The molecule has 10 heteroatoms. The minimum Gasteiger partial charge on any atom is -0.494 e. The van der Waals surface area contributed by atoms with Crippen molar-refractivity contribution in [1.82, 2.24) is 15.5 Å². The molecule has 1 saturated heterocycles. The number of unbranched alkanes of at least 4 members (excludes halogenated alkanes) is 1. The van der Waals surface area contributed by atoms with E-state index >= 15 is 0 Å². The Morgan fingerprint density at radius 2 is 2.06 bits per heavy atom. The first-order valence-corrected chi connectivity index (χ1v) is 12.1. The number of hydrogen-bond acceptors (Lipinski definition) is 7. The van der Waals surface area contributed by atoms with Crippen LogP contribution in [0.3, 0.4) is 0 Å². The first-order valence-electron chi connectivity index (χ1n) is 12.1. The Balaban J connectivity index is 1.85. The Hall–Kier alpha value is -3.27. The predicted molar refractivity (Wildman–Crippen MR) is 128 cm³/mol. The maximum Gasteiger partial charge on any atom is 0.243 e. The second-order valence-electron chi connectivity index (χ2n) is 8.50. The lowest BCUT2D eigenvalue weighted by molar-refractivity contribution is -0.140. The average molecular weight is 490 g/mol. The minimum atomic E-state index is -0.892. The van der Waals surface area contributed by atoms with Gasteiger partial charge in [0.1, 0.15) is 11.8 Å². The lowest BCUT2D eigenvalue weighted by Gasteiger charge is -2.26. The van der Waals surface area contributed by atoms with Gasteiger partial charge in [0.2, 0.25) is 23.5 Å². The highest BCUT2D eigenvalue weighted by Crippen LogP contribution is 2.18. The van der Waals surface area contributed by atoms with Crippen LogP contribution in [-0.4, -0.2) is 78.2 Å². The first-order chi connectivity index (χ1) is 16.9. The van der Waals surface area contributed by atoms with Crippen LogP contribution in [0.2, 0.25) is 0 Å². The van der Waals surface area contributed by atoms with Crippen LogP contribution < -0.4 is 15.4 Å². The molecular weight excluding hydrogens is 454 g/mol. The lowest BCUT2D eigenvalue weighted by atomic mass is 10.1. The second kappa shape index (κ2) is 14.9.